The van der Waals surface area contributed by atoms with Gasteiger partial charge in [0.2, 0.25) is 0 Å². The van der Waals surface area contributed by atoms with Gasteiger partial charge in [0.15, 0.2) is 0 Å². The van der Waals surface area contributed by atoms with E-state index < -0.39 is 0 Å². The Balaban J connectivity index is 1.96. The van der Waals surface area contributed by atoms with Crippen LogP contribution in [0.5, 0.6) is 0 Å². The van der Waals surface area contributed by atoms with Crippen LogP contribution in [0.3, 0.4) is 0 Å². The van der Waals surface area contributed by atoms with Gasteiger partial charge in [-0.15, -0.1) is 0 Å². The Morgan fingerprint density at radius 3 is 2.58 bits per heavy atom. The largest absolute Gasteiger partial charge is 0.378 e. The molecule has 0 aromatic heterocycles. The summed E-state index contributed by atoms with van der Waals surface area (Å²) >= 11 is 0. The molecule has 1 aliphatic carbocycles. The first-order chi connectivity index (χ1) is 8.97. The SMILES string of the molecule is Cc1cc(N(C)C)ccc1NC(=O)NC(C)C1CC1. The molecule has 2 rings (SSSR count). The number of urea groups is 1. The zero-order chi connectivity index (χ0) is 14.0. The monoisotopic (exact) mass is 261 g/mol. The number of hydrogen-bond acceptors (Lipinski definition) is 2. The number of nitrogens with zero attached hydrogens (tertiary/aromatic N) is 1. The van der Waals surface area contributed by atoms with Crippen LogP contribution >= 0.6 is 0 Å². The molecule has 1 atom stereocenters. The molecule has 1 unspecified atom stereocenters. The number of benzene rings is 1. The topological polar surface area (TPSA) is 44.4 Å². The number of hydrogen-bond donors (Lipinski definition) is 2. The highest BCUT2D eigenvalue weighted by Crippen LogP contribution is 2.32. The Kier molecular flexibility index (Phi) is 3.98. The molecule has 1 saturated carbocycles. The van der Waals surface area contributed by atoms with E-state index in [1.807, 2.05) is 38.1 Å². The standard InChI is InChI=1S/C15H23N3O/c1-10-9-13(18(3)4)7-8-14(10)17-15(19)16-11(2)12-5-6-12/h7-9,11-12H,5-6H2,1-4H3,(H2,16,17,19). The summed E-state index contributed by atoms with van der Waals surface area (Å²) in [6.45, 7) is 4.08. The zero-order valence-corrected chi connectivity index (χ0v) is 12.2. The molecule has 104 valence electrons. The molecular weight excluding hydrogens is 238 g/mol. The van der Waals surface area contributed by atoms with Gasteiger partial charge in [0, 0.05) is 31.5 Å². The van der Waals surface area contributed by atoms with Gasteiger partial charge in [0.1, 0.15) is 0 Å². The third-order valence-electron chi connectivity index (χ3n) is 3.66. The van der Waals surface area contributed by atoms with E-state index in [0.29, 0.717) is 5.92 Å². The first-order valence-corrected chi connectivity index (χ1v) is 6.83. The number of carbonyl (C=O) groups excluding carboxylic acids is 1. The predicted octanol–water partition coefficient (Wildman–Crippen LogP) is 2.98. The van der Waals surface area contributed by atoms with Crippen LogP contribution in [0.1, 0.15) is 25.3 Å². The molecule has 1 aromatic carbocycles. The van der Waals surface area contributed by atoms with Crippen molar-refractivity contribution in [2.75, 3.05) is 24.3 Å². The molecule has 0 heterocycles. The van der Waals surface area contributed by atoms with E-state index >= 15 is 0 Å². The quantitative estimate of drug-likeness (QED) is 0.875. The molecule has 2 amide bonds. The number of carbonyl (C=O) groups is 1. The zero-order valence-electron chi connectivity index (χ0n) is 12.2. The van der Waals surface area contributed by atoms with Crippen molar-refractivity contribution in [1.29, 1.82) is 0 Å². The van der Waals surface area contributed by atoms with Crippen LogP contribution in [0.4, 0.5) is 16.2 Å². The predicted molar refractivity (Wildman–Crippen MR) is 79.8 cm³/mol. The molecule has 2 N–H and O–H groups in total. The van der Waals surface area contributed by atoms with E-state index in [0.717, 1.165) is 16.9 Å². The lowest BCUT2D eigenvalue weighted by Crippen LogP contribution is -2.37. The maximum atomic E-state index is 11.9. The van der Waals surface area contributed by atoms with Crippen LogP contribution in [-0.4, -0.2) is 26.2 Å². The molecule has 1 aliphatic rings. The average molecular weight is 261 g/mol. The maximum absolute atomic E-state index is 11.9. The Morgan fingerprint density at radius 2 is 2.05 bits per heavy atom. The lowest BCUT2D eigenvalue weighted by atomic mass is 10.1. The fraction of sp³-hybridized carbons (Fsp3) is 0.533. The Labute approximate surface area is 115 Å². The van der Waals surface area contributed by atoms with Crippen molar-refractivity contribution in [3.63, 3.8) is 0 Å². The van der Waals surface area contributed by atoms with Gasteiger partial charge in [-0.1, -0.05) is 0 Å². The second-order valence-corrected chi connectivity index (χ2v) is 5.62. The fourth-order valence-electron chi connectivity index (χ4n) is 2.15. The number of amides is 2. The molecule has 19 heavy (non-hydrogen) atoms. The van der Waals surface area contributed by atoms with E-state index in [1.54, 1.807) is 0 Å². The molecule has 0 saturated heterocycles. The fourth-order valence-corrected chi connectivity index (χ4v) is 2.15. The second-order valence-electron chi connectivity index (χ2n) is 5.62. The van der Waals surface area contributed by atoms with Crippen molar-refractivity contribution in [1.82, 2.24) is 5.32 Å². The van der Waals surface area contributed by atoms with Crippen LogP contribution in [0, 0.1) is 12.8 Å². The Hall–Kier alpha value is -1.71. The lowest BCUT2D eigenvalue weighted by molar-refractivity contribution is 0.248. The summed E-state index contributed by atoms with van der Waals surface area (Å²) in [4.78, 5) is 13.9. The Morgan fingerprint density at radius 1 is 1.37 bits per heavy atom. The molecular formula is C15H23N3O. The smallest absolute Gasteiger partial charge is 0.319 e. The van der Waals surface area contributed by atoms with Gasteiger partial charge in [0.25, 0.3) is 0 Å². The molecule has 0 aliphatic heterocycles. The number of rotatable bonds is 4. The summed E-state index contributed by atoms with van der Waals surface area (Å²) in [6, 6.07) is 6.18. The van der Waals surface area contributed by atoms with Crippen LogP contribution in [0.25, 0.3) is 0 Å². The van der Waals surface area contributed by atoms with Gasteiger partial charge in [-0.05, 0) is 56.4 Å². The van der Waals surface area contributed by atoms with E-state index in [-0.39, 0.29) is 12.1 Å². The molecule has 1 aromatic rings. The van der Waals surface area contributed by atoms with Crippen molar-refractivity contribution in [2.45, 2.75) is 32.7 Å². The van der Waals surface area contributed by atoms with Crippen LogP contribution < -0.4 is 15.5 Å². The van der Waals surface area contributed by atoms with E-state index in [1.165, 1.54) is 12.8 Å². The number of nitrogens with one attached hydrogen (secondary N) is 2. The van der Waals surface area contributed by atoms with Crippen molar-refractivity contribution in [2.24, 2.45) is 5.92 Å². The van der Waals surface area contributed by atoms with Crippen molar-refractivity contribution in [3.8, 4) is 0 Å². The molecule has 4 heteroatoms. The summed E-state index contributed by atoms with van der Waals surface area (Å²) < 4.78 is 0. The van der Waals surface area contributed by atoms with E-state index in [2.05, 4.69) is 23.6 Å². The first-order valence-electron chi connectivity index (χ1n) is 6.83. The summed E-state index contributed by atoms with van der Waals surface area (Å²) in [5.41, 5.74) is 3.07. The van der Waals surface area contributed by atoms with Crippen molar-refractivity contribution < 1.29 is 4.79 Å². The van der Waals surface area contributed by atoms with Gasteiger partial charge in [-0.25, -0.2) is 4.79 Å². The maximum Gasteiger partial charge on any atom is 0.319 e. The molecule has 1 fully saturated rings. The second kappa shape index (κ2) is 5.51. The number of anilines is 2. The average Bonchev–Trinajstić information content (AvgIpc) is 3.15. The lowest BCUT2D eigenvalue weighted by Gasteiger charge is -2.17. The highest BCUT2D eigenvalue weighted by molar-refractivity contribution is 5.90. The van der Waals surface area contributed by atoms with Crippen LogP contribution in [-0.2, 0) is 0 Å². The normalized spacial score (nSPS) is 15.8. The highest BCUT2D eigenvalue weighted by Gasteiger charge is 2.28. The third-order valence-corrected chi connectivity index (χ3v) is 3.66. The summed E-state index contributed by atoms with van der Waals surface area (Å²) in [7, 11) is 4.01. The first kappa shape index (κ1) is 13.7. The van der Waals surface area contributed by atoms with Crippen molar-refractivity contribution >= 4 is 17.4 Å². The van der Waals surface area contributed by atoms with Crippen molar-refractivity contribution in [3.05, 3.63) is 23.8 Å². The molecule has 0 spiro atoms. The van der Waals surface area contributed by atoms with Gasteiger partial charge >= 0.3 is 6.03 Å². The Bertz CT molecular complexity index is 466. The minimum absolute atomic E-state index is 0.111. The molecule has 0 radical (unpaired) electrons. The van der Waals surface area contributed by atoms with Gasteiger partial charge in [-0.2, -0.15) is 0 Å². The minimum Gasteiger partial charge on any atom is -0.378 e. The number of aryl methyl sites for hydroxylation is 1. The minimum atomic E-state index is -0.111. The van der Waals surface area contributed by atoms with E-state index in [9.17, 15) is 4.79 Å². The summed E-state index contributed by atoms with van der Waals surface area (Å²) in [5.74, 6) is 0.669. The third kappa shape index (κ3) is 3.63. The van der Waals surface area contributed by atoms with E-state index in [4.69, 9.17) is 0 Å². The summed E-state index contributed by atoms with van der Waals surface area (Å²) in [5, 5.41) is 5.92. The van der Waals surface area contributed by atoms with Gasteiger partial charge < -0.3 is 15.5 Å². The van der Waals surface area contributed by atoms with Gasteiger partial charge in [-0.3, -0.25) is 0 Å². The van der Waals surface area contributed by atoms with Gasteiger partial charge in [0.05, 0.1) is 0 Å². The molecule has 0 bridgehead atoms. The molecule has 4 nitrogen and oxygen atoms in total. The van der Waals surface area contributed by atoms with Crippen LogP contribution in [0.2, 0.25) is 0 Å². The van der Waals surface area contributed by atoms with Crippen LogP contribution in [0.15, 0.2) is 18.2 Å². The highest BCUT2D eigenvalue weighted by atomic mass is 16.2. The summed E-state index contributed by atoms with van der Waals surface area (Å²) in [6.07, 6.45) is 2.47.